The van der Waals surface area contributed by atoms with Crippen molar-refractivity contribution in [2.45, 2.75) is 0 Å². The minimum atomic E-state index is -0.925. The van der Waals surface area contributed by atoms with Gasteiger partial charge in [0.25, 0.3) is 0 Å². The predicted molar refractivity (Wildman–Crippen MR) is 35.2 cm³/mol. The summed E-state index contributed by atoms with van der Waals surface area (Å²) in [7, 11) is 0. The van der Waals surface area contributed by atoms with E-state index in [1.54, 1.807) is 0 Å². The number of carboxylic acid groups (broad SMARTS) is 1. The molecule has 1 amide bonds. The number of aliphatic imine (C=N–C) groups is 1. The average Bonchev–Trinajstić information content (AvgIpc) is 2.12. The second-order valence-corrected chi connectivity index (χ2v) is 1.50. The molecule has 0 spiro atoms. The van der Waals surface area contributed by atoms with Gasteiger partial charge in [-0.2, -0.15) is 0 Å². The van der Waals surface area contributed by atoms with Crippen LogP contribution in [0.5, 0.6) is 0 Å². The number of hydrogen-bond acceptors (Lipinski definition) is 2. The first-order valence-corrected chi connectivity index (χ1v) is 2.30. The van der Waals surface area contributed by atoms with Crippen LogP contribution in [0.1, 0.15) is 0 Å². The molecule has 0 aromatic heterocycles. The summed E-state index contributed by atoms with van der Waals surface area (Å²) in [5, 5.41) is 8.25. The summed E-state index contributed by atoms with van der Waals surface area (Å²) in [5.41, 5.74) is 0. The van der Waals surface area contributed by atoms with E-state index in [0.717, 1.165) is 4.90 Å². The molecule has 0 radical (unpaired) electrons. The summed E-state index contributed by atoms with van der Waals surface area (Å²) in [6.07, 6.45) is 0.411. The van der Waals surface area contributed by atoms with E-state index in [4.69, 9.17) is 5.11 Å². The van der Waals surface area contributed by atoms with E-state index >= 15 is 0 Å². The zero-order valence-corrected chi connectivity index (χ0v) is 4.24. The fourth-order valence-corrected chi connectivity index (χ4v) is 0.525. The van der Waals surface area contributed by atoms with E-state index in [0.29, 0.717) is 13.1 Å². The minimum absolute atomic E-state index is 0. The van der Waals surface area contributed by atoms with Crippen LogP contribution in [0.4, 0.5) is 4.79 Å². The zero-order chi connectivity index (χ0) is 5.98. The molecule has 4 nitrogen and oxygen atoms in total. The van der Waals surface area contributed by atoms with Crippen molar-refractivity contribution in [3.63, 3.8) is 0 Å². The van der Waals surface area contributed by atoms with Gasteiger partial charge in [-0.05, 0) is 0 Å². The van der Waals surface area contributed by atoms with Gasteiger partial charge < -0.3 is 5.11 Å². The Morgan fingerprint density at radius 2 is 2.44 bits per heavy atom. The van der Waals surface area contributed by atoms with Gasteiger partial charge in [0, 0.05) is 6.54 Å². The maximum absolute atomic E-state index is 10.0. The third-order valence-electron chi connectivity index (χ3n) is 0.937. The number of hydrogen-bond donors (Lipinski definition) is 1. The van der Waals surface area contributed by atoms with Gasteiger partial charge >= 0.3 is 35.7 Å². The van der Waals surface area contributed by atoms with Gasteiger partial charge in [-0.3, -0.25) is 9.89 Å². The van der Waals surface area contributed by atoms with Crippen LogP contribution in [0, 0.1) is 0 Å². The van der Waals surface area contributed by atoms with Gasteiger partial charge in [-0.15, -0.1) is 0 Å². The Kier molecular flexibility index (Phi) is 3.84. The van der Waals surface area contributed by atoms with Gasteiger partial charge in [-0.25, -0.2) is 4.79 Å². The molecule has 46 valence electrons. The van der Waals surface area contributed by atoms with Gasteiger partial charge in [0.05, 0.1) is 12.9 Å². The summed E-state index contributed by atoms with van der Waals surface area (Å²) in [6, 6.07) is 0. The van der Waals surface area contributed by atoms with Gasteiger partial charge in [0.15, 0.2) is 0 Å². The second kappa shape index (κ2) is 3.87. The summed E-state index contributed by atoms with van der Waals surface area (Å²) >= 11 is 0. The van der Waals surface area contributed by atoms with E-state index in [9.17, 15) is 4.79 Å². The molecular formula is C4H7N2NaO2. The van der Waals surface area contributed by atoms with Crippen LogP contribution >= 0.6 is 0 Å². The molecule has 0 aromatic carbocycles. The summed E-state index contributed by atoms with van der Waals surface area (Å²) in [4.78, 5) is 14.9. The number of amides is 1. The van der Waals surface area contributed by atoms with E-state index < -0.39 is 6.09 Å². The van der Waals surface area contributed by atoms with Crippen molar-refractivity contribution >= 4 is 42.0 Å². The molecule has 1 N–H and O–H groups in total. The van der Waals surface area contributed by atoms with Crippen LogP contribution in [0.3, 0.4) is 0 Å². The first kappa shape index (κ1) is 8.94. The van der Waals surface area contributed by atoms with Crippen LogP contribution < -0.4 is 0 Å². The zero-order valence-electron chi connectivity index (χ0n) is 4.24. The standard InChI is InChI=1S/C4H6N2O2.Na.H/c7-4(8)6-2-1-5-3-6;;/h3H,1-2H2,(H,7,8);;. The van der Waals surface area contributed by atoms with Gasteiger partial charge in [0.2, 0.25) is 0 Å². The van der Waals surface area contributed by atoms with E-state index in [1.807, 2.05) is 0 Å². The molecule has 0 saturated carbocycles. The Morgan fingerprint density at radius 1 is 1.78 bits per heavy atom. The normalized spacial score (nSPS) is 15.3. The molecule has 9 heavy (non-hydrogen) atoms. The summed E-state index contributed by atoms with van der Waals surface area (Å²) in [5.74, 6) is 0. The Hall–Kier alpha value is -0.0600. The van der Waals surface area contributed by atoms with Gasteiger partial charge in [0.1, 0.15) is 0 Å². The van der Waals surface area contributed by atoms with Crippen LogP contribution in [0.15, 0.2) is 4.99 Å². The number of carbonyl (C=O) groups is 1. The molecule has 1 aliphatic rings. The Balaban J connectivity index is 0.000000640. The molecule has 0 atom stereocenters. The molecule has 1 aliphatic heterocycles. The molecule has 0 aliphatic carbocycles. The second-order valence-electron chi connectivity index (χ2n) is 1.50. The van der Waals surface area contributed by atoms with Crippen LogP contribution in [-0.2, 0) is 0 Å². The van der Waals surface area contributed by atoms with Crippen molar-refractivity contribution in [3.05, 3.63) is 0 Å². The molecule has 0 saturated heterocycles. The van der Waals surface area contributed by atoms with Crippen molar-refractivity contribution in [2.24, 2.45) is 4.99 Å². The van der Waals surface area contributed by atoms with Crippen LogP contribution in [-0.4, -0.2) is 65.1 Å². The van der Waals surface area contributed by atoms with E-state index in [-0.39, 0.29) is 29.6 Å². The Bertz CT molecular complexity index is 137. The third-order valence-corrected chi connectivity index (χ3v) is 0.937. The van der Waals surface area contributed by atoms with Crippen LogP contribution in [0.2, 0.25) is 0 Å². The Labute approximate surface area is 74.9 Å². The molecule has 0 aromatic rings. The SMILES string of the molecule is O=C(O)N1C=NCC1.[NaH]. The molecular weight excluding hydrogens is 131 g/mol. The van der Waals surface area contributed by atoms with E-state index in [1.165, 1.54) is 6.34 Å². The first-order chi connectivity index (χ1) is 3.80. The van der Waals surface area contributed by atoms with Crippen molar-refractivity contribution in [1.82, 2.24) is 4.90 Å². The molecule has 0 fully saturated rings. The van der Waals surface area contributed by atoms with Crippen LogP contribution in [0.25, 0.3) is 0 Å². The maximum atomic E-state index is 10.0. The van der Waals surface area contributed by atoms with Gasteiger partial charge in [-0.1, -0.05) is 0 Å². The fourth-order valence-electron chi connectivity index (χ4n) is 0.525. The van der Waals surface area contributed by atoms with Crippen molar-refractivity contribution in [1.29, 1.82) is 0 Å². The summed E-state index contributed by atoms with van der Waals surface area (Å²) in [6.45, 7) is 1.11. The van der Waals surface area contributed by atoms with E-state index in [2.05, 4.69) is 4.99 Å². The average molecular weight is 138 g/mol. The monoisotopic (exact) mass is 138 g/mol. The predicted octanol–water partition coefficient (Wildman–Crippen LogP) is -0.640. The molecule has 0 bridgehead atoms. The molecule has 1 rings (SSSR count). The summed E-state index contributed by atoms with van der Waals surface area (Å²) < 4.78 is 0. The molecule has 5 heteroatoms. The quantitative estimate of drug-likeness (QED) is 0.452. The number of rotatable bonds is 0. The third kappa shape index (κ3) is 2.34. The number of nitrogens with zero attached hydrogens (tertiary/aromatic N) is 2. The Morgan fingerprint density at radius 3 is 2.67 bits per heavy atom. The molecule has 0 unspecified atom stereocenters. The topological polar surface area (TPSA) is 52.9 Å². The van der Waals surface area contributed by atoms with Crippen molar-refractivity contribution in [2.75, 3.05) is 13.1 Å². The first-order valence-electron chi connectivity index (χ1n) is 2.30. The van der Waals surface area contributed by atoms with Crippen molar-refractivity contribution < 1.29 is 9.90 Å². The molecule has 1 heterocycles. The fraction of sp³-hybridized carbons (Fsp3) is 0.500. The van der Waals surface area contributed by atoms with Crippen molar-refractivity contribution in [3.8, 4) is 0 Å².